The van der Waals surface area contributed by atoms with E-state index < -0.39 is 32.0 Å². The molecule has 0 aliphatic carbocycles. The Balaban J connectivity index is 2.65. The Hall–Kier alpha value is -1.76. The topological polar surface area (TPSA) is 49.8 Å². The van der Waals surface area contributed by atoms with E-state index >= 15 is 0 Å². The van der Waals surface area contributed by atoms with Crippen molar-refractivity contribution >= 4 is 6.09 Å². The number of carbonyl (C=O) groups excluding carboxylic acids is 1. The molecule has 0 atom stereocenters. The Labute approximate surface area is 102 Å². The van der Waals surface area contributed by atoms with E-state index in [4.69, 9.17) is 9.84 Å². The second-order valence-corrected chi connectivity index (χ2v) is 3.44. The van der Waals surface area contributed by atoms with Gasteiger partial charge >= 0.3 is 12.3 Å². The Morgan fingerprint density at radius 3 is 2.39 bits per heavy atom. The molecular formula is C11H12F3NO3. The van der Waals surface area contributed by atoms with Gasteiger partial charge in [-0.3, -0.25) is 4.90 Å². The van der Waals surface area contributed by atoms with Gasteiger partial charge < -0.3 is 9.84 Å². The lowest BCUT2D eigenvalue weighted by Gasteiger charge is -2.22. The van der Waals surface area contributed by atoms with E-state index in [2.05, 4.69) is 0 Å². The molecule has 100 valence electrons. The van der Waals surface area contributed by atoms with E-state index in [1.165, 1.54) is 12.1 Å². The molecule has 0 radical (unpaired) electrons. The van der Waals surface area contributed by atoms with Gasteiger partial charge in [-0.25, -0.2) is 4.79 Å². The normalized spacial score (nSPS) is 11.1. The van der Waals surface area contributed by atoms with Crippen LogP contribution in [0.4, 0.5) is 18.0 Å². The molecule has 1 aromatic rings. The third kappa shape index (κ3) is 5.05. The summed E-state index contributed by atoms with van der Waals surface area (Å²) in [5, 5.41) is 8.63. The molecule has 0 heterocycles. The summed E-state index contributed by atoms with van der Waals surface area (Å²) in [5.41, 5.74) is 0. The number of aliphatic hydroxyl groups excluding tert-OH is 1. The molecular weight excluding hydrogens is 251 g/mol. The van der Waals surface area contributed by atoms with Gasteiger partial charge in [0.15, 0.2) is 0 Å². The minimum absolute atomic E-state index is 0.146. The average molecular weight is 263 g/mol. The van der Waals surface area contributed by atoms with Crippen molar-refractivity contribution in [3.8, 4) is 5.75 Å². The van der Waals surface area contributed by atoms with E-state index in [1.54, 1.807) is 18.2 Å². The van der Waals surface area contributed by atoms with Crippen molar-refractivity contribution in [3.63, 3.8) is 0 Å². The van der Waals surface area contributed by atoms with Gasteiger partial charge in [-0.05, 0) is 12.1 Å². The van der Waals surface area contributed by atoms with E-state index in [1.807, 2.05) is 0 Å². The van der Waals surface area contributed by atoms with Crippen molar-refractivity contribution in [2.75, 3.05) is 19.7 Å². The van der Waals surface area contributed by atoms with Gasteiger partial charge in [0.05, 0.1) is 6.61 Å². The van der Waals surface area contributed by atoms with Crippen molar-refractivity contribution in [2.45, 2.75) is 6.18 Å². The highest BCUT2D eigenvalue weighted by Gasteiger charge is 2.33. The lowest BCUT2D eigenvalue weighted by atomic mass is 10.3. The molecule has 1 N–H and O–H groups in total. The molecule has 0 spiro atoms. The van der Waals surface area contributed by atoms with Crippen molar-refractivity contribution in [2.24, 2.45) is 0 Å². The smallest absolute Gasteiger partial charge is 0.410 e. The highest BCUT2D eigenvalue weighted by atomic mass is 19.4. The van der Waals surface area contributed by atoms with Crippen molar-refractivity contribution in [1.82, 2.24) is 4.90 Å². The average Bonchev–Trinajstić information content (AvgIpc) is 2.28. The number of amides is 1. The molecule has 7 heteroatoms. The standard InChI is InChI=1S/C11H12F3NO3/c12-11(13,14)8-15(6-7-16)10(17)18-9-4-2-1-3-5-9/h1-5,16H,6-8H2. The van der Waals surface area contributed by atoms with Crippen molar-refractivity contribution in [3.05, 3.63) is 30.3 Å². The summed E-state index contributed by atoms with van der Waals surface area (Å²) in [7, 11) is 0. The van der Waals surface area contributed by atoms with Crippen LogP contribution in [-0.2, 0) is 0 Å². The number of para-hydroxylation sites is 1. The zero-order valence-corrected chi connectivity index (χ0v) is 9.35. The predicted octanol–water partition coefficient (Wildman–Crippen LogP) is 2.04. The van der Waals surface area contributed by atoms with E-state index in [0.29, 0.717) is 4.90 Å². The fourth-order valence-corrected chi connectivity index (χ4v) is 1.23. The van der Waals surface area contributed by atoms with Gasteiger partial charge in [0, 0.05) is 6.54 Å². The van der Waals surface area contributed by atoms with Gasteiger partial charge in [-0.1, -0.05) is 18.2 Å². The number of rotatable bonds is 4. The van der Waals surface area contributed by atoms with Gasteiger partial charge in [0.2, 0.25) is 0 Å². The lowest BCUT2D eigenvalue weighted by molar-refractivity contribution is -0.142. The maximum Gasteiger partial charge on any atom is 0.415 e. The van der Waals surface area contributed by atoms with Crippen LogP contribution < -0.4 is 4.74 Å². The van der Waals surface area contributed by atoms with Gasteiger partial charge in [-0.2, -0.15) is 13.2 Å². The molecule has 1 amide bonds. The third-order valence-electron chi connectivity index (χ3n) is 1.95. The zero-order valence-electron chi connectivity index (χ0n) is 9.35. The van der Waals surface area contributed by atoms with Crippen LogP contribution in [0.25, 0.3) is 0 Å². The number of benzene rings is 1. The van der Waals surface area contributed by atoms with Crippen LogP contribution in [0.15, 0.2) is 30.3 Å². The monoisotopic (exact) mass is 263 g/mol. The highest BCUT2D eigenvalue weighted by Crippen LogP contribution is 2.18. The van der Waals surface area contributed by atoms with Crippen LogP contribution in [0, 0.1) is 0 Å². The molecule has 1 rings (SSSR count). The molecule has 0 saturated carbocycles. The third-order valence-corrected chi connectivity index (χ3v) is 1.95. The summed E-state index contributed by atoms with van der Waals surface area (Å²) < 4.78 is 41.3. The van der Waals surface area contributed by atoms with Crippen LogP contribution >= 0.6 is 0 Å². The van der Waals surface area contributed by atoms with Crippen LogP contribution in [0.5, 0.6) is 5.75 Å². The summed E-state index contributed by atoms with van der Waals surface area (Å²) in [5.74, 6) is 0.146. The predicted molar refractivity (Wildman–Crippen MR) is 57.2 cm³/mol. The molecule has 0 bridgehead atoms. The summed E-state index contributed by atoms with van der Waals surface area (Å²) in [6, 6.07) is 7.75. The number of carbonyl (C=O) groups is 1. The minimum atomic E-state index is -4.54. The number of hydrogen-bond acceptors (Lipinski definition) is 3. The fourth-order valence-electron chi connectivity index (χ4n) is 1.23. The second-order valence-electron chi connectivity index (χ2n) is 3.44. The number of ether oxygens (including phenoxy) is 1. The SMILES string of the molecule is O=C(Oc1ccccc1)N(CCO)CC(F)(F)F. The molecule has 1 aromatic carbocycles. The first kappa shape index (κ1) is 14.3. The summed E-state index contributed by atoms with van der Waals surface area (Å²) in [6.07, 6.45) is -5.68. The van der Waals surface area contributed by atoms with Gasteiger partial charge in [0.25, 0.3) is 0 Å². The maximum absolute atomic E-state index is 12.2. The lowest BCUT2D eigenvalue weighted by Crippen LogP contribution is -2.42. The maximum atomic E-state index is 12.2. The number of nitrogens with zero attached hydrogens (tertiary/aromatic N) is 1. The second kappa shape index (κ2) is 6.25. The van der Waals surface area contributed by atoms with Gasteiger partial charge in [0.1, 0.15) is 12.3 Å². The summed E-state index contributed by atoms with van der Waals surface area (Å²) in [6.45, 7) is -2.47. The zero-order chi connectivity index (χ0) is 13.6. The Morgan fingerprint density at radius 2 is 1.89 bits per heavy atom. The quantitative estimate of drug-likeness (QED) is 0.904. The molecule has 4 nitrogen and oxygen atoms in total. The molecule has 0 aromatic heterocycles. The molecule has 18 heavy (non-hydrogen) atoms. The Morgan fingerprint density at radius 1 is 1.28 bits per heavy atom. The number of alkyl halides is 3. The molecule has 0 saturated heterocycles. The van der Waals surface area contributed by atoms with Gasteiger partial charge in [-0.15, -0.1) is 0 Å². The fraction of sp³-hybridized carbons (Fsp3) is 0.364. The van der Waals surface area contributed by atoms with Crippen LogP contribution in [0.1, 0.15) is 0 Å². The first-order chi connectivity index (χ1) is 8.42. The Bertz CT molecular complexity index is 381. The van der Waals surface area contributed by atoms with Crippen LogP contribution in [0.2, 0.25) is 0 Å². The van der Waals surface area contributed by atoms with E-state index in [0.717, 1.165) is 0 Å². The summed E-state index contributed by atoms with van der Waals surface area (Å²) >= 11 is 0. The number of halogens is 3. The largest absolute Gasteiger partial charge is 0.415 e. The van der Waals surface area contributed by atoms with Crippen LogP contribution in [-0.4, -0.2) is 42.0 Å². The molecule has 0 aliphatic rings. The number of hydrogen-bond donors (Lipinski definition) is 1. The first-order valence-electron chi connectivity index (χ1n) is 5.12. The van der Waals surface area contributed by atoms with E-state index in [9.17, 15) is 18.0 Å². The minimum Gasteiger partial charge on any atom is -0.410 e. The first-order valence-corrected chi connectivity index (χ1v) is 5.12. The summed E-state index contributed by atoms with van der Waals surface area (Å²) in [4.78, 5) is 11.9. The molecule has 0 unspecified atom stereocenters. The van der Waals surface area contributed by atoms with Crippen LogP contribution in [0.3, 0.4) is 0 Å². The highest BCUT2D eigenvalue weighted by molar-refractivity contribution is 5.70. The van der Waals surface area contributed by atoms with Crippen molar-refractivity contribution in [1.29, 1.82) is 0 Å². The Kier molecular flexibility index (Phi) is 4.96. The molecule has 0 aliphatic heterocycles. The number of aliphatic hydroxyl groups is 1. The molecule has 0 fully saturated rings. The van der Waals surface area contributed by atoms with Crippen molar-refractivity contribution < 1.29 is 27.8 Å². The van der Waals surface area contributed by atoms with E-state index in [-0.39, 0.29) is 5.75 Å².